The number of rotatable bonds is 4. The Hall–Kier alpha value is -3.67. The highest BCUT2D eigenvalue weighted by atomic mass is 15.3. The summed E-state index contributed by atoms with van der Waals surface area (Å²) in [6.45, 7) is 1.61. The molecule has 0 bridgehead atoms. The molecule has 0 unspecified atom stereocenters. The molecule has 0 amide bonds. The van der Waals surface area contributed by atoms with Gasteiger partial charge in [0.1, 0.15) is 0 Å². The summed E-state index contributed by atoms with van der Waals surface area (Å²) in [6, 6.07) is 12.8. The molecule has 6 nitrogen and oxygen atoms in total. The molecule has 0 atom stereocenters. The van der Waals surface area contributed by atoms with Crippen LogP contribution in [0.5, 0.6) is 0 Å². The first-order valence-electron chi connectivity index (χ1n) is 9.67. The van der Waals surface area contributed by atoms with Crippen molar-refractivity contribution < 1.29 is 0 Å². The molecule has 6 heteroatoms. The number of hydrogen-bond acceptors (Lipinski definition) is 5. The van der Waals surface area contributed by atoms with Crippen molar-refractivity contribution in [1.82, 2.24) is 19.7 Å². The molecule has 0 fully saturated rings. The van der Waals surface area contributed by atoms with Gasteiger partial charge < -0.3 is 10.2 Å². The normalized spacial score (nSPS) is 13.0. The standard InChI is InChI=1S/C23H22N6/c1-28-11-3-4-16-5-6-17(12-22(16)28)20-13-18(14-21-23(20)25-10-9-24-21)26-15-19-7-8-27-29(19)2/h3-10,12-14,26H,11,15H2,1-2H3. The molecule has 0 aliphatic carbocycles. The predicted octanol–water partition coefficient (Wildman–Crippen LogP) is 4.11. The monoisotopic (exact) mass is 382 g/mol. The van der Waals surface area contributed by atoms with Crippen molar-refractivity contribution in [2.45, 2.75) is 6.54 Å². The van der Waals surface area contributed by atoms with E-state index in [2.05, 4.69) is 74.8 Å². The average Bonchev–Trinajstić information content (AvgIpc) is 3.16. The molecule has 5 rings (SSSR count). The van der Waals surface area contributed by atoms with Gasteiger partial charge in [-0.25, -0.2) is 0 Å². The molecule has 0 saturated heterocycles. The van der Waals surface area contributed by atoms with Crippen LogP contribution in [0.4, 0.5) is 11.4 Å². The molecule has 3 heterocycles. The van der Waals surface area contributed by atoms with Crippen molar-refractivity contribution >= 4 is 28.5 Å². The number of nitrogens with zero attached hydrogens (tertiary/aromatic N) is 5. The maximum atomic E-state index is 4.62. The van der Waals surface area contributed by atoms with E-state index in [1.807, 2.05) is 24.0 Å². The van der Waals surface area contributed by atoms with Gasteiger partial charge in [-0.1, -0.05) is 24.3 Å². The van der Waals surface area contributed by atoms with Gasteiger partial charge in [0.2, 0.25) is 0 Å². The minimum atomic E-state index is 0.694. The van der Waals surface area contributed by atoms with Gasteiger partial charge in [-0.2, -0.15) is 5.10 Å². The molecule has 1 aliphatic heterocycles. The van der Waals surface area contributed by atoms with Crippen LogP contribution in [-0.2, 0) is 13.6 Å². The minimum absolute atomic E-state index is 0.694. The fraction of sp³-hybridized carbons (Fsp3) is 0.174. The number of nitrogens with one attached hydrogen (secondary N) is 1. The van der Waals surface area contributed by atoms with E-state index in [-0.39, 0.29) is 0 Å². The highest BCUT2D eigenvalue weighted by Crippen LogP contribution is 2.35. The van der Waals surface area contributed by atoms with E-state index >= 15 is 0 Å². The Bertz CT molecular complexity index is 1220. The van der Waals surface area contributed by atoms with Crippen LogP contribution < -0.4 is 10.2 Å². The van der Waals surface area contributed by atoms with Crippen molar-refractivity contribution in [3.63, 3.8) is 0 Å². The smallest absolute Gasteiger partial charge is 0.0966 e. The molecule has 1 N–H and O–H groups in total. The van der Waals surface area contributed by atoms with Crippen molar-refractivity contribution in [2.24, 2.45) is 7.05 Å². The molecule has 2 aromatic carbocycles. The number of aryl methyl sites for hydroxylation is 1. The Morgan fingerprint density at radius 3 is 2.76 bits per heavy atom. The third kappa shape index (κ3) is 3.23. The summed E-state index contributed by atoms with van der Waals surface area (Å²) in [5.74, 6) is 0. The van der Waals surface area contributed by atoms with Crippen LogP contribution in [0.25, 0.3) is 28.2 Å². The summed E-state index contributed by atoms with van der Waals surface area (Å²) in [6.07, 6.45) is 9.67. The summed E-state index contributed by atoms with van der Waals surface area (Å²) >= 11 is 0. The zero-order valence-electron chi connectivity index (χ0n) is 16.5. The number of hydrogen-bond donors (Lipinski definition) is 1. The lowest BCUT2D eigenvalue weighted by molar-refractivity contribution is 0.720. The molecular weight excluding hydrogens is 360 g/mol. The summed E-state index contributed by atoms with van der Waals surface area (Å²) < 4.78 is 1.88. The highest BCUT2D eigenvalue weighted by molar-refractivity contribution is 5.95. The largest absolute Gasteiger partial charge is 0.379 e. The van der Waals surface area contributed by atoms with E-state index < -0.39 is 0 Å². The second-order valence-electron chi connectivity index (χ2n) is 7.30. The van der Waals surface area contributed by atoms with E-state index in [1.165, 1.54) is 11.3 Å². The zero-order chi connectivity index (χ0) is 19.8. The summed E-state index contributed by atoms with van der Waals surface area (Å²) in [4.78, 5) is 11.4. The number of likely N-dealkylation sites (N-methyl/N-ethyl adjacent to an activating group) is 1. The molecule has 29 heavy (non-hydrogen) atoms. The third-order valence-corrected chi connectivity index (χ3v) is 5.40. The highest BCUT2D eigenvalue weighted by Gasteiger charge is 2.14. The number of benzene rings is 2. The molecular formula is C23H22N6. The summed E-state index contributed by atoms with van der Waals surface area (Å²) in [7, 11) is 4.07. The molecule has 0 radical (unpaired) electrons. The Balaban J connectivity index is 1.58. The van der Waals surface area contributed by atoms with E-state index in [4.69, 9.17) is 0 Å². The van der Waals surface area contributed by atoms with Crippen molar-refractivity contribution in [1.29, 1.82) is 0 Å². The van der Waals surface area contributed by atoms with E-state index in [1.54, 1.807) is 12.4 Å². The Kier molecular flexibility index (Phi) is 4.24. The first-order valence-corrected chi connectivity index (χ1v) is 9.67. The first kappa shape index (κ1) is 17.4. The number of aromatic nitrogens is 4. The van der Waals surface area contributed by atoms with Crippen molar-refractivity contribution in [2.75, 3.05) is 23.8 Å². The first-order chi connectivity index (χ1) is 14.2. The third-order valence-electron chi connectivity index (χ3n) is 5.40. The topological polar surface area (TPSA) is 58.9 Å². The SMILES string of the molecule is CN1CC=Cc2ccc(-c3cc(NCc4ccnn4C)cc4nccnc34)cc21. The molecule has 0 spiro atoms. The van der Waals surface area contributed by atoms with Gasteiger partial charge in [0.25, 0.3) is 0 Å². The lowest BCUT2D eigenvalue weighted by atomic mass is 9.98. The molecule has 1 aliphatic rings. The summed E-state index contributed by atoms with van der Waals surface area (Å²) in [5.41, 5.74) is 8.61. The van der Waals surface area contributed by atoms with Crippen molar-refractivity contribution in [3.8, 4) is 11.1 Å². The average molecular weight is 382 g/mol. The number of fused-ring (bicyclic) bond motifs is 2. The van der Waals surface area contributed by atoms with Gasteiger partial charge in [-0.05, 0) is 35.4 Å². The van der Waals surface area contributed by atoms with Crippen LogP contribution in [0.1, 0.15) is 11.3 Å². The molecule has 4 aromatic rings. The Morgan fingerprint density at radius 2 is 1.90 bits per heavy atom. The quantitative estimate of drug-likeness (QED) is 0.576. The minimum Gasteiger partial charge on any atom is -0.379 e. The lowest BCUT2D eigenvalue weighted by Gasteiger charge is -2.24. The fourth-order valence-electron chi connectivity index (χ4n) is 3.78. The lowest BCUT2D eigenvalue weighted by Crippen LogP contribution is -2.20. The van der Waals surface area contributed by atoms with E-state index in [9.17, 15) is 0 Å². The molecule has 2 aromatic heterocycles. The zero-order valence-corrected chi connectivity index (χ0v) is 16.5. The maximum Gasteiger partial charge on any atom is 0.0966 e. The summed E-state index contributed by atoms with van der Waals surface area (Å²) in [5, 5.41) is 7.75. The molecule has 144 valence electrons. The van der Waals surface area contributed by atoms with Crippen LogP contribution in [0.15, 0.2) is 61.1 Å². The van der Waals surface area contributed by atoms with Gasteiger partial charge in [-0.15, -0.1) is 0 Å². The maximum absolute atomic E-state index is 4.62. The second-order valence-corrected chi connectivity index (χ2v) is 7.30. The van der Waals surface area contributed by atoms with Crippen LogP contribution in [0.3, 0.4) is 0 Å². The Labute approximate surface area is 169 Å². The van der Waals surface area contributed by atoms with Gasteiger partial charge in [-0.3, -0.25) is 14.6 Å². The predicted molar refractivity (Wildman–Crippen MR) is 118 cm³/mol. The van der Waals surface area contributed by atoms with Gasteiger partial charge >= 0.3 is 0 Å². The van der Waals surface area contributed by atoms with Gasteiger partial charge in [0.15, 0.2) is 0 Å². The van der Waals surface area contributed by atoms with Crippen LogP contribution >= 0.6 is 0 Å². The van der Waals surface area contributed by atoms with Crippen LogP contribution in [0.2, 0.25) is 0 Å². The van der Waals surface area contributed by atoms with Crippen molar-refractivity contribution in [3.05, 3.63) is 72.3 Å². The number of anilines is 2. The van der Waals surface area contributed by atoms with E-state index in [0.717, 1.165) is 40.1 Å². The molecule has 0 saturated carbocycles. The van der Waals surface area contributed by atoms with Gasteiger partial charge in [0, 0.05) is 56.2 Å². The van der Waals surface area contributed by atoms with E-state index in [0.29, 0.717) is 6.54 Å². The Morgan fingerprint density at radius 1 is 1.00 bits per heavy atom. The second kappa shape index (κ2) is 7.05. The van der Waals surface area contributed by atoms with Gasteiger partial charge in [0.05, 0.1) is 23.3 Å². The fourth-order valence-corrected chi connectivity index (χ4v) is 3.78. The van der Waals surface area contributed by atoms with Crippen LogP contribution in [0, 0.1) is 0 Å². The van der Waals surface area contributed by atoms with Crippen LogP contribution in [-0.4, -0.2) is 33.3 Å².